The summed E-state index contributed by atoms with van der Waals surface area (Å²) in [5.74, 6) is 0.792. The fourth-order valence-corrected chi connectivity index (χ4v) is 2.00. The maximum atomic E-state index is 5.98. The molecule has 2 aromatic rings. The Bertz CT molecular complexity index is 523. The van der Waals surface area contributed by atoms with Gasteiger partial charge in [-0.2, -0.15) is 0 Å². The number of hydrogen-bond acceptors (Lipinski definition) is 2. The van der Waals surface area contributed by atoms with Crippen LogP contribution in [-0.2, 0) is 12.8 Å². The summed E-state index contributed by atoms with van der Waals surface area (Å²) in [6.45, 7) is 4.15. The van der Waals surface area contributed by atoms with Crippen LogP contribution in [0, 0.1) is 6.92 Å². The van der Waals surface area contributed by atoms with Crippen LogP contribution in [0.1, 0.15) is 29.6 Å². The Balaban J connectivity index is 2.26. The monoisotopic (exact) mass is 246 g/mol. The van der Waals surface area contributed by atoms with Crippen LogP contribution in [0.3, 0.4) is 0 Å². The van der Waals surface area contributed by atoms with E-state index in [2.05, 4.69) is 48.1 Å². The molecule has 0 N–H and O–H groups in total. The van der Waals surface area contributed by atoms with E-state index in [4.69, 9.17) is 11.6 Å². The molecule has 17 heavy (non-hydrogen) atoms. The fourth-order valence-electron chi connectivity index (χ4n) is 1.78. The Kier molecular flexibility index (Phi) is 3.75. The number of aryl methyl sites for hydroxylation is 2. The standard InChI is InChI=1S/C14H15ClN2/c1-3-12-9-13(15)17-14(16-12)8-11-6-4-5-10(2)7-11/h4-7,9H,3,8H2,1-2H3. The molecule has 0 aliphatic carbocycles. The minimum Gasteiger partial charge on any atom is -0.237 e. The van der Waals surface area contributed by atoms with E-state index in [9.17, 15) is 0 Å². The largest absolute Gasteiger partial charge is 0.237 e. The maximum Gasteiger partial charge on any atom is 0.134 e. The number of aromatic nitrogens is 2. The first-order valence-corrected chi connectivity index (χ1v) is 6.13. The van der Waals surface area contributed by atoms with Gasteiger partial charge in [-0.15, -0.1) is 0 Å². The van der Waals surface area contributed by atoms with Crippen LogP contribution in [0.25, 0.3) is 0 Å². The lowest BCUT2D eigenvalue weighted by atomic mass is 10.1. The molecule has 0 radical (unpaired) electrons. The first-order valence-electron chi connectivity index (χ1n) is 5.75. The summed E-state index contributed by atoms with van der Waals surface area (Å²) in [5.41, 5.74) is 3.46. The van der Waals surface area contributed by atoms with Gasteiger partial charge in [-0.3, -0.25) is 0 Å². The van der Waals surface area contributed by atoms with E-state index in [1.54, 1.807) is 0 Å². The Labute approximate surface area is 107 Å². The third-order valence-electron chi connectivity index (χ3n) is 2.60. The van der Waals surface area contributed by atoms with Crippen LogP contribution in [0.2, 0.25) is 5.15 Å². The van der Waals surface area contributed by atoms with Crippen molar-refractivity contribution in [2.45, 2.75) is 26.7 Å². The molecule has 0 saturated heterocycles. The van der Waals surface area contributed by atoms with E-state index >= 15 is 0 Å². The topological polar surface area (TPSA) is 25.8 Å². The molecule has 3 heteroatoms. The van der Waals surface area contributed by atoms with Gasteiger partial charge >= 0.3 is 0 Å². The van der Waals surface area contributed by atoms with Gasteiger partial charge < -0.3 is 0 Å². The van der Waals surface area contributed by atoms with Crippen LogP contribution in [0.4, 0.5) is 0 Å². The van der Waals surface area contributed by atoms with Crippen molar-refractivity contribution in [1.82, 2.24) is 9.97 Å². The summed E-state index contributed by atoms with van der Waals surface area (Å²) < 4.78 is 0. The van der Waals surface area contributed by atoms with E-state index in [0.717, 1.165) is 24.4 Å². The molecule has 0 unspecified atom stereocenters. The van der Waals surface area contributed by atoms with Gasteiger partial charge in [-0.05, 0) is 25.0 Å². The second-order valence-corrected chi connectivity index (χ2v) is 4.50. The Morgan fingerprint density at radius 2 is 2.00 bits per heavy atom. The van der Waals surface area contributed by atoms with E-state index in [0.29, 0.717) is 5.15 Å². The highest BCUT2D eigenvalue weighted by atomic mass is 35.5. The predicted molar refractivity (Wildman–Crippen MR) is 70.4 cm³/mol. The molecule has 88 valence electrons. The van der Waals surface area contributed by atoms with E-state index < -0.39 is 0 Å². The highest BCUT2D eigenvalue weighted by Gasteiger charge is 2.03. The van der Waals surface area contributed by atoms with E-state index in [-0.39, 0.29) is 0 Å². The number of halogens is 1. The minimum absolute atomic E-state index is 0.527. The highest BCUT2D eigenvalue weighted by Crippen LogP contribution is 2.12. The molecule has 0 aliphatic heterocycles. The van der Waals surface area contributed by atoms with Crippen LogP contribution >= 0.6 is 11.6 Å². The molecule has 0 aliphatic rings. The van der Waals surface area contributed by atoms with Gasteiger partial charge in [0.05, 0.1) is 0 Å². The molecule has 1 heterocycles. The molecule has 0 spiro atoms. The van der Waals surface area contributed by atoms with Gasteiger partial charge in [-0.25, -0.2) is 9.97 Å². The molecule has 2 nitrogen and oxygen atoms in total. The summed E-state index contributed by atoms with van der Waals surface area (Å²) in [7, 11) is 0. The molecule has 1 aromatic heterocycles. The lowest BCUT2D eigenvalue weighted by Crippen LogP contribution is -2.00. The third-order valence-corrected chi connectivity index (χ3v) is 2.79. The number of benzene rings is 1. The molecule has 0 amide bonds. The average Bonchev–Trinajstić information content (AvgIpc) is 2.28. The molecule has 0 fully saturated rings. The summed E-state index contributed by atoms with van der Waals surface area (Å²) in [4.78, 5) is 8.74. The second-order valence-electron chi connectivity index (χ2n) is 4.12. The van der Waals surface area contributed by atoms with Crippen molar-refractivity contribution in [3.05, 3.63) is 58.1 Å². The zero-order chi connectivity index (χ0) is 12.3. The number of nitrogens with zero attached hydrogens (tertiary/aromatic N) is 2. The lowest BCUT2D eigenvalue weighted by Gasteiger charge is -2.04. The smallest absolute Gasteiger partial charge is 0.134 e. The third kappa shape index (κ3) is 3.27. The summed E-state index contributed by atoms with van der Waals surface area (Å²) in [6, 6.07) is 10.2. The molecule has 1 aromatic carbocycles. The van der Waals surface area contributed by atoms with Crippen molar-refractivity contribution in [3.8, 4) is 0 Å². The van der Waals surface area contributed by atoms with Gasteiger partial charge in [0.25, 0.3) is 0 Å². The average molecular weight is 247 g/mol. The van der Waals surface area contributed by atoms with Crippen LogP contribution in [0.5, 0.6) is 0 Å². The zero-order valence-electron chi connectivity index (χ0n) is 10.1. The molecule has 0 atom stereocenters. The molecule has 0 saturated carbocycles. The van der Waals surface area contributed by atoms with Gasteiger partial charge in [0.1, 0.15) is 11.0 Å². The Hall–Kier alpha value is -1.41. The number of rotatable bonds is 3. The van der Waals surface area contributed by atoms with Gasteiger partial charge in [0, 0.05) is 12.1 Å². The van der Waals surface area contributed by atoms with Crippen molar-refractivity contribution in [3.63, 3.8) is 0 Å². The summed E-state index contributed by atoms with van der Waals surface area (Å²) in [6.07, 6.45) is 1.61. The number of hydrogen-bond donors (Lipinski definition) is 0. The fraction of sp³-hybridized carbons (Fsp3) is 0.286. The van der Waals surface area contributed by atoms with E-state index in [1.807, 2.05) is 6.07 Å². The molecular weight excluding hydrogens is 232 g/mol. The van der Waals surface area contributed by atoms with Crippen LogP contribution in [-0.4, -0.2) is 9.97 Å². The van der Waals surface area contributed by atoms with Crippen LogP contribution in [0.15, 0.2) is 30.3 Å². The van der Waals surface area contributed by atoms with Crippen molar-refractivity contribution in [2.75, 3.05) is 0 Å². The van der Waals surface area contributed by atoms with Crippen LogP contribution < -0.4 is 0 Å². The van der Waals surface area contributed by atoms with Gasteiger partial charge in [-0.1, -0.05) is 48.4 Å². The molecular formula is C14H15ClN2. The first kappa shape index (κ1) is 12.1. The van der Waals surface area contributed by atoms with E-state index in [1.165, 1.54) is 11.1 Å². The van der Waals surface area contributed by atoms with Crippen molar-refractivity contribution < 1.29 is 0 Å². The first-order chi connectivity index (χ1) is 8.17. The normalized spacial score (nSPS) is 10.5. The second kappa shape index (κ2) is 5.28. The zero-order valence-corrected chi connectivity index (χ0v) is 10.8. The minimum atomic E-state index is 0.527. The van der Waals surface area contributed by atoms with Gasteiger partial charge in [0.15, 0.2) is 0 Å². The Morgan fingerprint density at radius 3 is 2.71 bits per heavy atom. The highest BCUT2D eigenvalue weighted by molar-refractivity contribution is 6.29. The van der Waals surface area contributed by atoms with Gasteiger partial charge in [0.2, 0.25) is 0 Å². The van der Waals surface area contributed by atoms with Crippen molar-refractivity contribution >= 4 is 11.6 Å². The predicted octanol–water partition coefficient (Wildman–Crippen LogP) is 3.59. The SMILES string of the molecule is CCc1cc(Cl)nc(Cc2cccc(C)c2)n1. The quantitative estimate of drug-likeness (QED) is 0.774. The lowest BCUT2D eigenvalue weighted by molar-refractivity contribution is 0.905. The Morgan fingerprint density at radius 1 is 1.18 bits per heavy atom. The molecule has 0 bridgehead atoms. The maximum absolute atomic E-state index is 5.98. The molecule has 2 rings (SSSR count). The summed E-state index contributed by atoms with van der Waals surface area (Å²) >= 11 is 5.98. The van der Waals surface area contributed by atoms with Crippen molar-refractivity contribution in [1.29, 1.82) is 0 Å². The summed E-state index contributed by atoms with van der Waals surface area (Å²) in [5, 5.41) is 0.527. The van der Waals surface area contributed by atoms with Crippen molar-refractivity contribution in [2.24, 2.45) is 0 Å².